The molecule has 5 nitrogen and oxygen atoms in total. The van der Waals surface area contributed by atoms with Crippen molar-refractivity contribution in [2.45, 2.75) is 65.7 Å². The van der Waals surface area contributed by atoms with Gasteiger partial charge in [0.05, 0.1) is 18.4 Å². The molecule has 0 aliphatic carbocycles. The van der Waals surface area contributed by atoms with Crippen LogP contribution in [0, 0.1) is 11.8 Å². The Morgan fingerprint density at radius 3 is 1.85 bits per heavy atom. The molecule has 0 bridgehead atoms. The molecule has 0 aliphatic rings. The summed E-state index contributed by atoms with van der Waals surface area (Å²) >= 11 is 0. The van der Waals surface area contributed by atoms with Crippen LogP contribution in [0.15, 0.2) is 18.2 Å². The molecule has 0 aromatic heterocycles. The molecule has 2 atom stereocenters. The maximum absolute atomic E-state index is 11.9. The first kappa shape index (κ1) is 22.0. The van der Waals surface area contributed by atoms with Gasteiger partial charge in [0, 0.05) is 0 Å². The Kier molecular flexibility index (Phi) is 8.62. The number of rotatable bonds is 11. The van der Waals surface area contributed by atoms with Gasteiger partial charge in [-0.25, -0.2) is 0 Å². The standard InChI is InChI=1S/C21H32O5/c1-6-9-26-15-7-8-16(18(20(22)23)10-13(2)3)17(12-15)19(21(24)25)11-14(4)5/h7-8,12-14,18-19H,6,9-11H2,1-5H3,(H,22,23)(H,24,25). The fraction of sp³-hybridized carbons (Fsp3) is 0.619. The molecule has 0 heterocycles. The van der Waals surface area contributed by atoms with Crippen molar-refractivity contribution < 1.29 is 24.5 Å². The van der Waals surface area contributed by atoms with E-state index in [1.54, 1.807) is 18.2 Å². The highest BCUT2D eigenvalue weighted by molar-refractivity contribution is 5.81. The zero-order chi connectivity index (χ0) is 19.9. The van der Waals surface area contributed by atoms with E-state index in [0.717, 1.165) is 6.42 Å². The molecule has 0 fully saturated rings. The number of hydrogen-bond acceptors (Lipinski definition) is 3. The van der Waals surface area contributed by atoms with Gasteiger partial charge >= 0.3 is 11.9 Å². The van der Waals surface area contributed by atoms with Crippen molar-refractivity contribution in [2.24, 2.45) is 11.8 Å². The monoisotopic (exact) mass is 364 g/mol. The minimum absolute atomic E-state index is 0.178. The topological polar surface area (TPSA) is 83.8 Å². The maximum Gasteiger partial charge on any atom is 0.310 e. The summed E-state index contributed by atoms with van der Waals surface area (Å²) in [6, 6.07) is 5.21. The molecule has 0 aliphatic heterocycles. The molecule has 0 radical (unpaired) electrons. The van der Waals surface area contributed by atoms with E-state index in [1.165, 1.54) is 0 Å². The fourth-order valence-electron chi connectivity index (χ4n) is 3.15. The van der Waals surface area contributed by atoms with E-state index in [2.05, 4.69) is 0 Å². The summed E-state index contributed by atoms with van der Waals surface area (Å²) in [7, 11) is 0. The summed E-state index contributed by atoms with van der Waals surface area (Å²) < 4.78 is 5.67. The van der Waals surface area contributed by atoms with Gasteiger partial charge in [0.15, 0.2) is 0 Å². The van der Waals surface area contributed by atoms with Crippen molar-refractivity contribution in [3.8, 4) is 5.75 Å². The molecular formula is C21H32O5. The molecule has 5 heteroatoms. The van der Waals surface area contributed by atoms with Crippen LogP contribution >= 0.6 is 0 Å². The minimum Gasteiger partial charge on any atom is -0.494 e. The van der Waals surface area contributed by atoms with E-state index in [4.69, 9.17) is 4.74 Å². The molecular weight excluding hydrogens is 332 g/mol. The van der Waals surface area contributed by atoms with Gasteiger partial charge in [-0.2, -0.15) is 0 Å². The fourth-order valence-corrected chi connectivity index (χ4v) is 3.15. The average molecular weight is 364 g/mol. The molecule has 1 aromatic rings. The molecule has 0 amide bonds. The second kappa shape index (κ2) is 10.2. The Morgan fingerprint density at radius 2 is 1.42 bits per heavy atom. The molecule has 2 N–H and O–H groups in total. The van der Waals surface area contributed by atoms with Gasteiger partial charge in [-0.3, -0.25) is 9.59 Å². The number of aliphatic carboxylic acids is 2. The highest BCUT2D eigenvalue weighted by Crippen LogP contribution is 2.36. The Balaban J connectivity index is 3.46. The van der Waals surface area contributed by atoms with Crippen LogP contribution in [0.4, 0.5) is 0 Å². The largest absolute Gasteiger partial charge is 0.494 e. The van der Waals surface area contributed by atoms with Crippen molar-refractivity contribution in [3.63, 3.8) is 0 Å². The average Bonchev–Trinajstić information content (AvgIpc) is 2.55. The number of carbonyl (C=O) groups is 2. The molecule has 1 rings (SSSR count). The number of ether oxygens (including phenoxy) is 1. The van der Waals surface area contributed by atoms with E-state index in [0.29, 0.717) is 36.3 Å². The zero-order valence-electron chi connectivity index (χ0n) is 16.5. The second-order valence-electron chi connectivity index (χ2n) is 7.68. The highest BCUT2D eigenvalue weighted by atomic mass is 16.5. The lowest BCUT2D eigenvalue weighted by molar-refractivity contribution is -0.140. The first-order valence-corrected chi connectivity index (χ1v) is 9.39. The predicted octanol–water partition coefficient (Wildman–Crippen LogP) is 4.90. The SMILES string of the molecule is CCCOc1ccc(C(CC(C)C)C(=O)O)c(C(CC(C)C)C(=O)O)c1. The minimum atomic E-state index is -0.929. The van der Waals surface area contributed by atoms with Gasteiger partial charge < -0.3 is 14.9 Å². The van der Waals surface area contributed by atoms with E-state index < -0.39 is 23.8 Å². The van der Waals surface area contributed by atoms with Gasteiger partial charge in [0.1, 0.15) is 5.75 Å². The van der Waals surface area contributed by atoms with E-state index in [9.17, 15) is 19.8 Å². The van der Waals surface area contributed by atoms with Crippen LogP contribution in [0.25, 0.3) is 0 Å². The lowest BCUT2D eigenvalue weighted by Gasteiger charge is -2.24. The summed E-state index contributed by atoms with van der Waals surface area (Å²) in [6.07, 6.45) is 1.76. The molecule has 26 heavy (non-hydrogen) atoms. The first-order valence-electron chi connectivity index (χ1n) is 9.39. The van der Waals surface area contributed by atoms with E-state index in [1.807, 2.05) is 34.6 Å². The normalized spacial score (nSPS) is 13.7. The van der Waals surface area contributed by atoms with Gasteiger partial charge in [-0.15, -0.1) is 0 Å². The third-order valence-electron chi connectivity index (χ3n) is 4.29. The van der Waals surface area contributed by atoms with Crippen LogP contribution < -0.4 is 4.74 Å². The molecule has 146 valence electrons. The summed E-state index contributed by atoms with van der Waals surface area (Å²) in [4.78, 5) is 23.8. The Morgan fingerprint density at radius 1 is 0.923 bits per heavy atom. The van der Waals surface area contributed by atoms with E-state index >= 15 is 0 Å². The van der Waals surface area contributed by atoms with Crippen molar-refractivity contribution >= 4 is 11.9 Å². The first-order chi connectivity index (χ1) is 12.2. The van der Waals surface area contributed by atoms with Crippen LogP contribution in [-0.4, -0.2) is 28.8 Å². The Bertz CT molecular complexity index is 606. The second-order valence-corrected chi connectivity index (χ2v) is 7.68. The van der Waals surface area contributed by atoms with Crippen LogP contribution in [0.5, 0.6) is 5.75 Å². The number of hydrogen-bond donors (Lipinski definition) is 2. The van der Waals surface area contributed by atoms with Crippen LogP contribution in [0.1, 0.15) is 76.8 Å². The molecule has 2 unspecified atom stereocenters. The summed E-state index contributed by atoms with van der Waals surface area (Å²) in [5.74, 6) is -2.36. The molecule has 0 spiro atoms. The van der Waals surface area contributed by atoms with Gasteiger partial charge in [0.25, 0.3) is 0 Å². The van der Waals surface area contributed by atoms with Crippen LogP contribution in [0.2, 0.25) is 0 Å². The number of benzene rings is 1. The summed E-state index contributed by atoms with van der Waals surface area (Å²) in [5, 5.41) is 19.5. The number of carboxylic acid groups (broad SMARTS) is 2. The van der Waals surface area contributed by atoms with Crippen molar-refractivity contribution in [1.82, 2.24) is 0 Å². The lowest BCUT2D eigenvalue weighted by Crippen LogP contribution is -2.21. The van der Waals surface area contributed by atoms with Gasteiger partial charge in [0.2, 0.25) is 0 Å². The van der Waals surface area contributed by atoms with Gasteiger partial charge in [-0.05, 0) is 54.4 Å². The van der Waals surface area contributed by atoms with Gasteiger partial charge in [-0.1, -0.05) is 40.7 Å². The Hall–Kier alpha value is -2.04. The zero-order valence-corrected chi connectivity index (χ0v) is 16.5. The third-order valence-corrected chi connectivity index (χ3v) is 4.29. The molecule has 0 saturated carbocycles. The van der Waals surface area contributed by atoms with Crippen LogP contribution in [0.3, 0.4) is 0 Å². The number of carboxylic acids is 2. The van der Waals surface area contributed by atoms with Crippen molar-refractivity contribution in [3.05, 3.63) is 29.3 Å². The molecule has 0 saturated heterocycles. The lowest BCUT2D eigenvalue weighted by atomic mass is 9.81. The highest BCUT2D eigenvalue weighted by Gasteiger charge is 2.30. The van der Waals surface area contributed by atoms with Crippen LogP contribution in [-0.2, 0) is 9.59 Å². The molecule has 1 aromatic carbocycles. The third kappa shape index (κ3) is 6.36. The van der Waals surface area contributed by atoms with Crippen molar-refractivity contribution in [2.75, 3.05) is 6.61 Å². The van der Waals surface area contributed by atoms with Crippen molar-refractivity contribution in [1.29, 1.82) is 0 Å². The summed E-state index contributed by atoms with van der Waals surface area (Å²) in [6.45, 7) is 10.4. The summed E-state index contributed by atoms with van der Waals surface area (Å²) in [5.41, 5.74) is 1.15. The maximum atomic E-state index is 11.9. The van der Waals surface area contributed by atoms with E-state index in [-0.39, 0.29) is 11.8 Å². The Labute approximate surface area is 156 Å². The smallest absolute Gasteiger partial charge is 0.310 e. The quantitative estimate of drug-likeness (QED) is 0.583. The predicted molar refractivity (Wildman–Crippen MR) is 102 cm³/mol.